The quantitative estimate of drug-likeness (QED) is 0.522. The summed E-state index contributed by atoms with van der Waals surface area (Å²) in [6, 6.07) is 21.9. The smallest absolute Gasteiger partial charge is 0.269 e. The minimum absolute atomic E-state index is 0.0693. The average Bonchev–Trinajstić information content (AvgIpc) is 3.32. The molecule has 0 N–H and O–H groups in total. The van der Waals surface area contributed by atoms with Crippen molar-refractivity contribution in [3.8, 4) is 0 Å². The SMILES string of the molecule is Cc1ccc(N2C(=O)CS[C@@]23C(=O)N(CN2CCc4ccccc4C2)c2ccccc23)cc1Cl. The van der Waals surface area contributed by atoms with Gasteiger partial charge in [-0.1, -0.05) is 60.1 Å². The number of hydrogen-bond acceptors (Lipinski definition) is 4. The number of amides is 2. The molecule has 3 aliphatic rings. The predicted octanol–water partition coefficient (Wildman–Crippen LogP) is 4.94. The van der Waals surface area contributed by atoms with Gasteiger partial charge in [-0.25, -0.2) is 0 Å². The van der Waals surface area contributed by atoms with E-state index in [0.717, 1.165) is 36.3 Å². The zero-order valence-corrected chi connectivity index (χ0v) is 20.4. The van der Waals surface area contributed by atoms with Gasteiger partial charge in [0, 0.05) is 29.4 Å². The Morgan fingerprint density at radius 1 is 1.00 bits per heavy atom. The fourth-order valence-corrected chi connectivity index (χ4v) is 6.83. The van der Waals surface area contributed by atoms with Crippen LogP contribution in [0.3, 0.4) is 0 Å². The maximum Gasteiger partial charge on any atom is 0.269 e. The molecule has 3 aromatic carbocycles. The van der Waals surface area contributed by atoms with Crippen molar-refractivity contribution < 1.29 is 9.59 Å². The van der Waals surface area contributed by atoms with Crippen LogP contribution in [-0.2, 0) is 27.4 Å². The van der Waals surface area contributed by atoms with Crippen LogP contribution in [0.15, 0.2) is 66.7 Å². The first kappa shape index (κ1) is 21.7. The van der Waals surface area contributed by atoms with Crippen molar-refractivity contribution >= 4 is 46.6 Å². The Balaban J connectivity index is 1.39. The molecular formula is C27H24ClN3O2S. The molecule has 3 aliphatic heterocycles. The van der Waals surface area contributed by atoms with E-state index in [1.54, 1.807) is 11.0 Å². The molecular weight excluding hydrogens is 466 g/mol. The van der Waals surface area contributed by atoms with Crippen molar-refractivity contribution in [1.82, 2.24) is 4.90 Å². The molecule has 0 unspecified atom stereocenters. The molecule has 7 heteroatoms. The predicted molar refractivity (Wildman–Crippen MR) is 137 cm³/mol. The Morgan fingerprint density at radius 3 is 2.59 bits per heavy atom. The number of fused-ring (bicyclic) bond motifs is 3. The number of carbonyl (C=O) groups is 2. The Bertz CT molecular complexity index is 1330. The van der Waals surface area contributed by atoms with Gasteiger partial charge in [-0.15, -0.1) is 11.8 Å². The monoisotopic (exact) mass is 489 g/mol. The van der Waals surface area contributed by atoms with E-state index >= 15 is 0 Å². The van der Waals surface area contributed by atoms with Crippen molar-refractivity contribution in [2.75, 3.05) is 28.8 Å². The third-order valence-electron chi connectivity index (χ3n) is 7.03. The number of rotatable bonds is 3. The summed E-state index contributed by atoms with van der Waals surface area (Å²) in [6.45, 7) is 4.11. The van der Waals surface area contributed by atoms with Crippen LogP contribution in [-0.4, -0.2) is 35.7 Å². The van der Waals surface area contributed by atoms with Crippen LogP contribution in [0.25, 0.3) is 0 Å². The first-order valence-corrected chi connectivity index (χ1v) is 12.8. The summed E-state index contributed by atoms with van der Waals surface area (Å²) in [6.07, 6.45) is 0.965. The van der Waals surface area contributed by atoms with Crippen LogP contribution in [0.2, 0.25) is 5.02 Å². The lowest BCUT2D eigenvalue weighted by atomic mass is 10.0. The first-order chi connectivity index (χ1) is 16.5. The lowest BCUT2D eigenvalue weighted by Crippen LogP contribution is -2.52. The molecule has 6 rings (SSSR count). The van der Waals surface area contributed by atoms with Crippen LogP contribution in [0.1, 0.15) is 22.3 Å². The van der Waals surface area contributed by atoms with Crippen LogP contribution < -0.4 is 9.80 Å². The van der Waals surface area contributed by atoms with Gasteiger partial charge in [0.1, 0.15) is 0 Å². The number of aryl methyl sites for hydroxylation is 1. The lowest BCUT2D eigenvalue weighted by molar-refractivity contribution is -0.124. The van der Waals surface area contributed by atoms with Crippen LogP contribution in [0.5, 0.6) is 0 Å². The Labute approximate surface area is 208 Å². The summed E-state index contributed by atoms with van der Waals surface area (Å²) in [5, 5.41) is 0.583. The minimum atomic E-state index is -1.11. The van der Waals surface area contributed by atoms with Gasteiger partial charge in [0.15, 0.2) is 0 Å². The number of para-hydroxylation sites is 1. The Hall–Kier alpha value is -2.80. The molecule has 0 bridgehead atoms. The zero-order chi connectivity index (χ0) is 23.4. The molecule has 2 amide bonds. The summed E-state index contributed by atoms with van der Waals surface area (Å²) in [7, 11) is 0. The van der Waals surface area contributed by atoms with Gasteiger partial charge >= 0.3 is 0 Å². The maximum absolute atomic E-state index is 14.2. The van der Waals surface area contributed by atoms with E-state index in [0.29, 0.717) is 17.4 Å². The van der Waals surface area contributed by atoms with E-state index in [2.05, 4.69) is 29.2 Å². The molecule has 0 saturated carbocycles. The molecule has 34 heavy (non-hydrogen) atoms. The number of carbonyl (C=O) groups excluding carboxylic acids is 2. The van der Waals surface area contributed by atoms with Gasteiger partial charge < -0.3 is 0 Å². The van der Waals surface area contributed by atoms with Gasteiger partial charge in [-0.05, 0) is 48.2 Å². The topological polar surface area (TPSA) is 43.9 Å². The molecule has 5 nitrogen and oxygen atoms in total. The summed E-state index contributed by atoms with van der Waals surface area (Å²) in [4.78, 5) is 32.2. The van der Waals surface area contributed by atoms with Gasteiger partial charge in [0.2, 0.25) is 10.8 Å². The first-order valence-electron chi connectivity index (χ1n) is 11.4. The molecule has 0 aromatic heterocycles. The van der Waals surface area contributed by atoms with Crippen molar-refractivity contribution in [2.45, 2.75) is 24.8 Å². The second-order valence-corrected chi connectivity index (χ2v) is 10.6. The third-order valence-corrected chi connectivity index (χ3v) is 8.82. The zero-order valence-electron chi connectivity index (χ0n) is 18.8. The van der Waals surface area contributed by atoms with Crippen LogP contribution in [0, 0.1) is 6.92 Å². The summed E-state index contributed by atoms with van der Waals surface area (Å²) in [5.41, 5.74) is 6.01. The Kier molecular flexibility index (Phi) is 5.21. The standard InChI is InChI=1S/C27H24ClN3O2S/c1-18-10-11-21(14-23(18)28)31-25(32)16-34-27(31)22-8-4-5-9-24(22)30(26(27)33)17-29-13-12-19-6-2-3-7-20(19)15-29/h2-11,14H,12-13,15-17H2,1H3/t27-/m0/s1. The van der Waals surface area contributed by atoms with Crippen molar-refractivity contribution in [3.63, 3.8) is 0 Å². The molecule has 1 fully saturated rings. The van der Waals surface area contributed by atoms with Gasteiger partial charge in [-0.3, -0.25) is 24.3 Å². The number of benzene rings is 3. The van der Waals surface area contributed by atoms with E-state index in [9.17, 15) is 9.59 Å². The number of nitrogens with zero attached hydrogens (tertiary/aromatic N) is 3. The molecule has 1 saturated heterocycles. The Morgan fingerprint density at radius 2 is 1.76 bits per heavy atom. The van der Waals surface area contributed by atoms with E-state index in [4.69, 9.17) is 11.6 Å². The van der Waals surface area contributed by atoms with E-state index in [1.807, 2.05) is 48.2 Å². The molecule has 0 aliphatic carbocycles. The number of thioether (sulfide) groups is 1. The van der Waals surface area contributed by atoms with E-state index < -0.39 is 4.87 Å². The largest absolute Gasteiger partial charge is 0.295 e. The highest BCUT2D eigenvalue weighted by molar-refractivity contribution is 8.02. The highest BCUT2D eigenvalue weighted by Gasteiger charge is 2.61. The second kappa shape index (κ2) is 8.15. The van der Waals surface area contributed by atoms with Crippen molar-refractivity contribution in [1.29, 1.82) is 0 Å². The average molecular weight is 490 g/mol. The molecule has 1 atom stereocenters. The third kappa shape index (κ3) is 3.20. The highest BCUT2D eigenvalue weighted by atomic mass is 35.5. The molecule has 3 heterocycles. The normalized spacial score (nSPS) is 21.9. The van der Waals surface area contributed by atoms with Crippen molar-refractivity contribution in [2.24, 2.45) is 0 Å². The molecule has 1 spiro atoms. The van der Waals surface area contributed by atoms with Gasteiger partial charge in [0.25, 0.3) is 5.91 Å². The van der Waals surface area contributed by atoms with Gasteiger partial charge in [0.05, 0.1) is 18.1 Å². The lowest BCUT2D eigenvalue weighted by Gasteiger charge is -2.35. The molecule has 3 aromatic rings. The second-order valence-electron chi connectivity index (χ2n) is 9.06. The summed E-state index contributed by atoms with van der Waals surface area (Å²) in [5.74, 6) is 0.0955. The fourth-order valence-electron chi connectivity index (χ4n) is 5.29. The number of anilines is 2. The van der Waals surface area contributed by atoms with E-state index in [-0.39, 0.29) is 17.6 Å². The summed E-state index contributed by atoms with van der Waals surface area (Å²) >= 11 is 7.83. The van der Waals surface area contributed by atoms with Gasteiger partial charge in [-0.2, -0.15) is 0 Å². The van der Waals surface area contributed by atoms with Crippen LogP contribution >= 0.6 is 23.4 Å². The molecule has 0 radical (unpaired) electrons. The number of hydrogen-bond donors (Lipinski definition) is 0. The fraction of sp³-hybridized carbons (Fsp3) is 0.259. The van der Waals surface area contributed by atoms with Crippen LogP contribution in [0.4, 0.5) is 11.4 Å². The minimum Gasteiger partial charge on any atom is -0.295 e. The number of halogens is 1. The summed E-state index contributed by atoms with van der Waals surface area (Å²) < 4.78 is 0. The van der Waals surface area contributed by atoms with E-state index in [1.165, 1.54) is 22.9 Å². The maximum atomic E-state index is 14.2. The van der Waals surface area contributed by atoms with Crippen molar-refractivity contribution in [3.05, 3.63) is 94.0 Å². The molecule has 172 valence electrons. The highest BCUT2D eigenvalue weighted by Crippen LogP contribution is 2.55.